The van der Waals surface area contributed by atoms with Crippen LogP contribution in [-0.2, 0) is 4.79 Å². The number of hydrogen-bond donors (Lipinski definition) is 1. The van der Waals surface area contributed by atoms with Crippen LogP contribution in [-0.4, -0.2) is 11.1 Å². The second-order valence-corrected chi connectivity index (χ2v) is 2.40. The molecule has 0 aliphatic rings. The van der Waals surface area contributed by atoms with Gasteiger partial charge in [0.2, 0.25) is 0 Å². The summed E-state index contributed by atoms with van der Waals surface area (Å²) in [5.41, 5.74) is 0.836. The molecule has 0 heterocycles. The molecule has 10 heavy (non-hydrogen) atoms. The highest BCUT2D eigenvalue weighted by Gasteiger charge is 1.94. The molecule has 0 aromatic carbocycles. The lowest BCUT2D eigenvalue weighted by molar-refractivity contribution is -0.131. The summed E-state index contributed by atoms with van der Waals surface area (Å²) in [4.78, 5) is 10.00. The van der Waals surface area contributed by atoms with E-state index in [1.54, 1.807) is 0 Å². The predicted molar refractivity (Wildman–Crippen MR) is 40.8 cm³/mol. The molecule has 0 atom stereocenters. The van der Waals surface area contributed by atoms with Crippen LogP contribution in [0.3, 0.4) is 0 Å². The van der Waals surface area contributed by atoms with Gasteiger partial charge in [-0.15, -0.1) is 0 Å². The van der Waals surface area contributed by atoms with Crippen molar-refractivity contribution < 1.29 is 9.90 Å². The molecule has 0 rings (SSSR count). The van der Waals surface area contributed by atoms with E-state index < -0.39 is 5.97 Å². The van der Waals surface area contributed by atoms with Gasteiger partial charge in [0.1, 0.15) is 0 Å². The predicted octanol–water partition coefficient (Wildman–Crippen LogP) is 1.84. The third kappa shape index (κ3) is 3.89. The van der Waals surface area contributed by atoms with Gasteiger partial charge in [0.15, 0.2) is 0 Å². The molecule has 0 aromatic rings. The number of hydrogen-bond acceptors (Lipinski definition) is 1. The molecule has 0 spiro atoms. The normalized spacial score (nSPS) is 10.7. The maximum absolute atomic E-state index is 10.00. The van der Waals surface area contributed by atoms with Gasteiger partial charge in [0, 0.05) is 6.08 Å². The Morgan fingerprint density at radius 2 is 2.00 bits per heavy atom. The van der Waals surface area contributed by atoms with Crippen LogP contribution in [0.15, 0.2) is 24.3 Å². The van der Waals surface area contributed by atoms with Crippen molar-refractivity contribution in [3.8, 4) is 0 Å². The highest BCUT2D eigenvalue weighted by atomic mass is 16.4. The lowest BCUT2D eigenvalue weighted by Crippen LogP contribution is -1.91. The van der Waals surface area contributed by atoms with Gasteiger partial charge in [-0.05, 0) is 5.92 Å². The van der Waals surface area contributed by atoms with E-state index in [0.717, 1.165) is 11.6 Å². The first kappa shape index (κ1) is 8.95. The molecule has 0 bridgehead atoms. The van der Waals surface area contributed by atoms with Crippen LogP contribution in [0.4, 0.5) is 0 Å². The Labute approximate surface area is 60.9 Å². The van der Waals surface area contributed by atoms with Crippen molar-refractivity contribution in [3.63, 3.8) is 0 Å². The molecular formula is C8H12O2. The molecule has 0 aromatic heterocycles. The summed E-state index contributed by atoms with van der Waals surface area (Å²) in [7, 11) is 0. The molecule has 56 valence electrons. The SMILES string of the molecule is C=C(C=CC(=O)O)C(C)C. The van der Waals surface area contributed by atoms with E-state index >= 15 is 0 Å². The minimum atomic E-state index is -0.929. The summed E-state index contributed by atoms with van der Waals surface area (Å²) in [6.45, 7) is 7.61. The fraction of sp³-hybridized carbons (Fsp3) is 0.375. The van der Waals surface area contributed by atoms with Crippen molar-refractivity contribution in [2.24, 2.45) is 5.92 Å². The molecule has 0 aliphatic carbocycles. The molecule has 0 saturated heterocycles. The van der Waals surface area contributed by atoms with Crippen LogP contribution in [0.2, 0.25) is 0 Å². The first-order chi connectivity index (χ1) is 4.54. The third-order valence-electron chi connectivity index (χ3n) is 1.18. The number of aliphatic carboxylic acids is 1. The summed E-state index contributed by atoms with van der Waals surface area (Å²) in [5, 5.41) is 8.22. The molecule has 0 amide bonds. The number of carboxylic acid groups (broad SMARTS) is 1. The van der Waals surface area contributed by atoms with E-state index in [0.29, 0.717) is 5.92 Å². The van der Waals surface area contributed by atoms with E-state index in [1.165, 1.54) is 6.08 Å². The van der Waals surface area contributed by atoms with Crippen molar-refractivity contribution in [2.75, 3.05) is 0 Å². The average molecular weight is 140 g/mol. The van der Waals surface area contributed by atoms with Crippen molar-refractivity contribution in [1.82, 2.24) is 0 Å². The highest BCUT2D eigenvalue weighted by molar-refractivity contribution is 5.80. The Morgan fingerprint density at radius 1 is 1.50 bits per heavy atom. The largest absolute Gasteiger partial charge is 0.478 e. The van der Waals surface area contributed by atoms with Gasteiger partial charge in [0.25, 0.3) is 0 Å². The van der Waals surface area contributed by atoms with E-state index in [4.69, 9.17) is 5.11 Å². The lowest BCUT2D eigenvalue weighted by Gasteiger charge is -2.00. The number of carboxylic acids is 1. The van der Waals surface area contributed by atoms with Gasteiger partial charge in [-0.25, -0.2) is 4.79 Å². The van der Waals surface area contributed by atoms with Gasteiger partial charge in [0.05, 0.1) is 0 Å². The van der Waals surface area contributed by atoms with Gasteiger partial charge < -0.3 is 5.11 Å². The zero-order valence-electron chi connectivity index (χ0n) is 6.29. The third-order valence-corrected chi connectivity index (χ3v) is 1.18. The molecule has 2 heteroatoms. The van der Waals surface area contributed by atoms with Crippen molar-refractivity contribution in [1.29, 1.82) is 0 Å². The fourth-order valence-electron chi connectivity index (χ4n) is 0.371. The van der Waals surface area contributed by atoms with E-state index in [2.05, 4.69) is 6.58 Å². The highest BCUT2D eigenvalue weighted by Crippen LogP contribution is 2.06. The number of allylic oxidation sites excluding steroid dienone is 2. The van der Waals surface area contributed by atoms with Crippen LogP contribution in [0.1, 0.15) is 13.8 Å². The topological polar surface area (TPSA) is 37.3 Å². The van der Waals surface area contributed by atoms with Gasteiger partial charge in [-0.1, -0.05) is 32.1 Å². The first-order valence-corrected chi connectivity index (χ1v) is 3.14. The molecule has 0 saturated carbocycles. The number of rotatable bonds is 3. The molecular weight excluding hydrogens is 128 g/mol. The quantitative estimate of drug-likeness (QED) is 0.479. The van der Waals surface area contributed by atoms with Crippen molar-refractivity contribution >= 4 is 5.97 Å². The maximum Gasteiger partial charge on any atom is 0.328 e. The zero-order chi connectivity index (χ0) is 8.15. The van der Waals surface area contributed by atoms with Crippen LogP contribution in [0.25, 0.3) is 0 Å². The van der Waals surface area contributed by atoms with Gasteiger partial charge >= 0.3 is 5.97 Å². The number of carbonyl (C=O) groups is 1. The Kier molecular flexibility index (Phi) is 3.47. The summed E-state index contributed by atoms with van der Waals surface area (Å²) >= 11 is 0. The van der Waals surface area contributed by atoms with Crippen molar-refractivity contribution in [2.45, 2.75) is 13.8 Å². The monoisotopic (exact) mass is 140 g/mol. The lowest BCUT2D eigenvalue weighted by atomic mass is 10.1. The standard InChI is InChI=1S/C8H12O2/c1-6(2)7(3)4-5-8(9)10/h4-6H,3H2,1-2H3,(H,9,10). The Morgan fingerprint density at radius 3 is 2.30 bits per heavy atom. The Bertz CT molecular complexity index is 166. The smallest absolute Gasteiger partial charge is 0.328 e. The second-order valence-electron chi connectivity index (χ2n) is 2.40. The summed E-state index contributed by atoms with van der Waals surface area (Å²) in [6, 6.07) is 0. The van der Waals surface area contributed by atoms with E-state index in [-0.39, 0.29) is 0 Å². The van der Waals surface area contributed by atoms with Crippen molar-refractivity contribution in [3.05, 3.63) is 24.3 Å². The fourth-order valence-corrected chi connectivity index (χ4v) is 0.371. The Balaban J connectivity index is 3.90. The molecule has 1 N–H and O–H groups in total. The summed E-state index contributed by atoms with van der Waals surface area (Å²) in [6.07, 6.45) is 2.62. The van der Waals surface area contributed by atoms with Gasteiger partial charge in [-0.3, -0.25) is 0 Å². The van der Waals surface area contributed by atoms with Gasteiger partial charge in [-0.2, -0.15) is 0 Å². The van der Waals surface area contributed by atoms with Crippen LogP contribution in [0, 0.1) is 5.92 Å². The van der Waals surface area contributed by atoms with Crippen LogP contribution < -0.4 is 0 Å². The van der Waals surface area contributed by atoms with Crippen LogP contribution in [0.5, 0.6) is 0 Å². The summed E-state index contributed by atoms with van der Waals surface area (Å²) in [5.74, 6) is -0.614. The molecule has 0 unspecified atom stereocenters. The first-order valence-electron chi connectivity index (χ1n) is 3.14. The molecule has 0 radical (unpaired) electrons. The second kappa shape index (κ2) is 3.88. The van der Waals surface area contributed by atoms with Crippen LogP contribution >= 0.6 is 0 Å². The zero-order valence-corrected chi connectivity index (χ0v) is 6.29. The minimum absolute atomic E-state index is 0.315. The molecule has 2 nitrogen and oxygen atoms in total. The minimum Gasteiger partial charge on any atom is -0.478 e. The Hall–Kier alpha value is -1.05. The van der Waals surface area contributed by atoms with E-state index in [1.807, 2.05) is 13.8 Å². The average Bonchev–Trinajstić information content (AvgIpc) is 1.82. The molecule has 0 aliphatic heterocycles. The molecule has 0 fully saturated rings. The maximum atomic E-state index is 10.00. The van der Waals surface area contributed by atoms with E-state index in [9.17, 15) is 4.79 Å². The summed E-state index contributed by atoms with van der Waals surface area (Å²) < 4.78 is 0.